The molecule has 0 aromatic rings. The van der Waals surface area contributed by atoms with Crippen molar-refractivity contribution in [2.45, 2.75) is 51.1 Å². The zero-order chi connectivity index (χ0) is 14.8. The Morgan fingerprint density at radius 2 is 2.16 bits per heavy atom. The SMILES string of the molecule is CC(N[S+]([O-])C(C)(C)C)[C@H]1CCN(C(=O)O)C[C@H]1F. The van der Waals surface area contributed by atoms with Crippen molar-refractivity contribution in [2.24, 2.45) is 5.92 Å². The van der Waals surface area contributed by atoms with E-state index in [1.807, 2.05) is 20.8 Å². The van der Waals surface area contributed by atoms with Crippen LogP contribution in [-0.4, -0.2) is 50.7 Å². The van der Waals surface area contributed by atoms with Crippen molar-refractivity contribution in [1.29, 1.82) is 0 Å². The summed E-state index contributed by atoms with van der Waals surface area (Å²) < 4.78 is 28.5. The topological polar surface area (TPSA) is 75.6 Å². The highest BCUT2D eigenvalue weighted by molar-refractivity contribution is 7.90. The lowest BCUT2D eigenvalue weighted by atomic mass is 9.89. The van der Waals surface area contributed by atoms with Crippen molar-refractivity contribution >= 4 is 17.5 Å². The Morgan fingerprint density at radius 1 is 1.58 bits per heavy atom. The average molecular weight is 294 g/mol. The molecule has 0 aromatic carbocycles. The molecule has 5 nitrogen and oxygen atoms in total. The van der Waals surface area contributed by atoms with Crippen molar-refractivity contribution in [1.82, 2.24) is 9.62 Å². The first kappa shape index (κ1) is 16.5. The fourth-order valence-corrected chi connectivity index (χ4v) is 2.96. The summed E-state index contributed by atoms with van der Waals surface area (Å²) in [6.45, 7) is 7.58. The number of hydrogen-bond donors (Lipinski definition) is 2. The van der Waals surface area contributed by atoms with Gasteiger partial charge in [-0.25, -0.2) is 9.18 Å². The molecule has 0 aromatic heterocycles. The highest BCUT2D eigenvalue weighted by Crippen LogP contribution is 2.25. The third kappa shape index (κ3) is 4.50. The first-order valence-corrected chi connectivity index (χ1v) is 7.58. The van der Waals surface area contributed by atoms with Gasteiger partial charge in [0, 0.05) is 23.8 Å². The van der Waals surface area contributed by atoms with Gasteiger partial charge in [-0.3, -0.25) is 0 Å². The molecule has 1 fully saturated rings. The second-order valence-electron chi connectivity index (χ2n) is 5.98. The quantitative estimate of drug-likeness (QED) is 0.778. The minimum absolute atomic E-state index is 0.103. The van der Waals surface area contributed by atoms with E-state index in [0.29, 0.717) is 13.0 Å². The van der Waals surface area contributed by atoms with Gasteiger partial charge in [0.2, 0.25) is 0 Å². The van der Waals surface area contributed by atoms with Crippen LogP contribution in [0.5, 0.6) is 0 Å². The van der Waals surface area contributed by atoms with Crippen LogP contribution in [0.1, 0.15) is 34.1 Å². The van der Waals surface area contributed by atoms with Crippen molar-refractivity contribution in [3.8, 4) is 0 Å². The monoisotopic (exact) mass is 294 g/mol. The van der Waals surface area contributed by atoms with Crippen molar-refractivity contribution in [3.63, 3.8) is 0 Å². The first-order chi connectivity index (χ1) is 8.62. The summed E-state index contributed by atoms with van der Waals surface area (Å²) in [5, 5.41) is 8.83. The van der Waals surface area contributed by atoms with Crippen LogP contribution in [0.3, 0.4) is 0 Å². The molecule has 1 aliphatic heterocycles. The Labute approximate surface area is 116 Å². The fourth-order valence-electron chi connectivity index (χ4n) is 2.09. The van der Waals surface area contributed by atoms with Crippen LogP contribution >= 0.6 is 0 Å². The van der Waals surface area contributed by atoms with E-state index in [2.05, 4.69) is 4.72 Å². The van der Waals surface area contributed by atoms with Crippen LogP contribution < -0.4 is 4.72 Å². The number of likely N-dealkylation sites (tertiary alicyclic amines) is 1. The molecule has 0 saturated carbocycles. The summed E-state index contributed by atoms with van der Waals surface area (Å²) in [6.07, 6.45) is -1.85. The van der Waals surface area contributed by atoms with Gasteiger partial charge in [-0.1, -0.05) is 0 Å². The van der Waals surface area contributed by atoms with Crippen LogP contribution in [0, 0.1) is 5.92 Å². The number of hydrogen-bond acceptors (Lipinski definition) is 3. The van der Waals surface area contributed by atoms with Crippen LogP contribution in [-0.2, 0) is 11.4 Å². The Bertz CT molecular complexity index is 325. The van der Waals surface area contributed by atoms with E-state index in [1.165, 1.54) is 0 Å². The zero-order valence-electron chi connectivity index (χ0n) is 11.9. The number of alkyl halides is 1. The standard InChI is InChI=1S/C12H23FN2O3S/c1-8(14-19(18)12(2,3)4)9-5-6-15(11(16)17)7-10(9)13/h8-10,14H,5-7H2,1-4H3,(H,16,17)/t8?,9-,10-,19?/m1/s1. The van der Waals surface area contributed by atoms with Gasteiger partial charge in [-0.15, -0.1) is 4.72 Å². The van der Waals surface area contributed by atoms with Gasteiger partial charge in [0.1, 0.15) is 10.9 Å². The van der Waals surface area contributed by atoms with E-state index in [0.717, 1.165) is 4.90 Å². The second kappa shape index (κ2) is 6.28. The Morgan fingerprint density at radius 3 is 2.58 bits per heavy atom. The summed E-state index contributed by atoms with van der Waals surface area (Å²) in [5.74, 6) is -0.304. The molecule has 0 spiro atoms. The molecular formula is C12H23FN2O3S. The van der Waals surface area contributed by atoms with Gasteiger partial charge >= 0.3 is 6.09 Å². The lowest BCUT2D eigenvalue weighted by Crippen LogP contribution is -2.53. The second-order valence-corrected chi connectivity index (χ2v) is 7.98. The molecular weight excluding hydrogens is 271 g/mol. The number of rotatable bonds is 3. The highest BCUT2D eigenvalue weighted by Gasteiger charge is 2.38. The normalized spacial score (nSPS) is 28.0. The van der Waals surface area contributed by atoms with Crippen LogP contribution in [0.15, 0.2) is 0 Å². The van der Waals surface area contributed by atoms with Gasteiger partial charge in [-0.05, 0) is 34.1 Å². The molecule has 19 heavy (non-hydrogen) atoms. The fraction of sp³-hybridized carbons (Fsp3) is 0.917. The van der Waals surface area contributed by atoms with Crippen molar-refractivity contribution in [2.75, 3.05) is 13.1 Å². The predicted molar refractivity (Wildman–Crippen MR) is 73.1 cm³/mol. The van der Waals surface area contributed by atoms with Gasteiger partial charge in [0.05, 0.1) is 12.6 Å². The molecule has 0 bridgehead atoms. The Balaban J connectivity index is 2.55. The van der Waals surface area contributed by atoms with E-state index in [-0.39, 0.29) is 18.5 Å². The van der Waals surface area contributed by atoms with E-state index >= 15 is 0 Å². The first-order valence-electron chi connectivity index (χ1n) is 6.43. The maximum Gasteiger partial charge on any atom is 0.407 e. The highest BCUT2D eigenvalue weighted by atomic mass is 32.2. The van der Waals surface area contributed by atoms with Gasteiger partial charge in [0.25, 0.3) is 0 Å². The van der Waals surface area contributed by atoms with Gasteiger partial charge < -0.3 is 14.6 Å². The van der Waals surface area contributed by atoms with Crippen LogP contribution in [0.25, 0.3) is 0 Å². The largest absolute Gasteiger partial charge is 0.598 e. The molecule has 4 atom stereocenters. The Kier molecular flexibility index (Phi) is 5.46. The molecule has 1 rings (SSSR count). The van der Waals surface area contributed by atoms with Crippen LogP contribution in [0.2, 0.25) is 0 Å². The summed E-state index contributed by atoms with van der Waals surface area (Å²) in [6, 6.07) is -0.244. The number of carbonyl (C=O) groups is 1. The Hall–Kier alpha value is -0.530. The molecule has 1 amide bonds. The lowest BCUT2D eigenvalue weighted by molar-refractivity contribution is 0.0663. The minimum atomic E-state index is -1.25. The minimum Gasteiger partial charge on any atom is -0.598 e. The molecule has 112 valence electrons. The molecule has 1 saturated heterocycles. The molecule has 2 N–H and O–H groups in total. The van der Waals surface area contributed by atoms with Gasteiger partial charge in [0.15, 0.2) is 0 Å². The maximum absolute atomic E-state index is 14.0. The van der Waals surface area contributed by atoms with E-state index in [1.54, 1.807) is 6.92 Å². The van der Waals surface area contributed by atoms with E-state index in [9.17, 15) is 13.7 Å². The summed E-state index contributed by atoms with van der Waals surface area (Å²) in [7, 11) is 0. The summed E-state index contributed by atoms with van der Waals surface area (Å²) >= 11 is -1.25. The summed E-state index contributed by atoms with van der Waals surface area (Å²) in [4.78, 5) is 11.9. The molecule has 0 radical (unpaired) electrons. The van der Waals surface area contributed by atoms with Crippen LogP contribution in [0.4, 0.5) is 9.18 Å². The molecule has 1 heterocycles. The maximum atomic E-state index is 14.0. The number of halogens is 1. The van der Waals surface area contributed by atoms with Gasteiger partial charge in [-0.2, -0.15) is 0 Å². The zero-order valence-corrected chi connectivity index (χ0v) is 12.7. The van der Waals surface area contributed by atoms with E-state index < -0.39 is 28.4 Å². The third-order valence-corrected chi connectivity index (χ3v) is 5.05. The molecule has 0 aliphatic carbocycles. The number of nitrogens with zero attached hydrogens (tertiary/aromatic N) is 1. The van der Waals surface area contributed by atoms with E-state index in [4.69, 9.17) is 5.11 Å². The number of amides is 1. The molecule has 7 heteroatoms. The van der Waals surface area contributed by atoms with Crippen molar-refractivity contribution < 1.29 is 18.8 Å². The number of piperidine rings is 1. The number of carboxylic acid groups (broad SMARTS) is 1. The lowest BCUT2D eigenvalue weighted by Gasteiger charge is -2.37. The molecule has 1 aliphatic rings. The predicted octanol–water partition coefficient (Wildman–Crippen LogP) is 1.76. The number of nitrogens with one attached hydrogen (secondary N) is 1. The van der Waals surface area contributed by atoms with Crippen molar-refractivity contribution in [3.05, 3.63) is 0 Å². The summed E-state index contributed by atoms with van der Waals surface area (Å²) in [5.41, 5.74) is 0. The smallest absolute Gasteiger partial charge is 0.407 e. The average Bonchev–Trinajstić information content (AvgIpc) is 2.26. The molecule has 2 unspecified atom stereocenters. The third-order valence-electron chi connectivity index (χ3n) is 3.35.